The average molecular weight is 286 g/mol. The monoisotopic (exact) mass is 285 g/mol. The van der Waals surface area contributed by atoms with Crippen molar-refractivity contribution >= 4 is 28.3 Å². The van der Waals surface area contributed by atoms with Crippen LogP contribution in [0.4, 0.5) is 5.69 Å². The van der Waals surface area contributed by atoms with E-state index in [4.69, 9.17) is 22.3 Å². The molecule has 0 aliphatic heterocycles. The van der Waals surface area contributed by atoms with Crippen LogP contribution in [-0.4, -0.2) is 9.55 Å². The van der Waals surface area contributed by atoms with E-state index in [9.17, 15) is 0 Å². The van der Waals surface area contributed by atoms with Gasteiger partial charge < -0.3 is 10.3 Å². The average Bonchev–Trinajstić information content (AvgIpc) is 2.81. The number of para-hydroxylation sites is 3. The Morgan fingerprint density at radius 3 is 2.60 bits per heavy atom. The maximum atomic E-state index is 6.13. The lowest BCUT2D eigenvalue weighted by molar-refractivity contribution is 0.624. The molecule has 3 aromatic rings. The molecule has 3 nitrogen and oxygen atoms in total. The van der Waals surface area contributed by atoms with Gasteiger partial charge in [-0.05, 0) is 38.1 Å². The highest BCUT2D eigenvalue weighted by Gasteiger charge is 2.17. The number of aromatic nitrogens is 2. The number of benzene rings is 2. The molecule has 2 N–H and O–H groups in total. The van der Waals surface area contributed by atoms with Gasteiger partial charge in [0.1, 0.15) is 5.82 Å². The second-order valence-electron chi connectivity index (χ2n) is 5.09. The number of nitrogens with zero attached hydrogens (tertiary/aromatic N) is 2. The third-order valence-electron chi connectivity index (χ3n) is 3.41. The summed E-state index contributed by atoms with van der Waals surface area (Å²) in [7, 11) is 0. The zero-order chi connectivity index (χ0) is 14.3. The van der Waals surface area contributed by atoms with Gasteiger partial charge in [0.25, 0.3) is 0 Å². The van der Waals surface area contributed by atoms with E-state index in [1.165, 1.54) is 0 Å². The van der Waals surface area contributed by atoms with Crippen LogP contribution in [0.2, 0.25) is 5.02 Å². The number of imidazole rings is 1. The Labute approximate surface area is 123 Å². The van der Waals surface area contributed by atoms with Gasteiger partial charge in [-0.3, -0.25) is 0 Å². The summed E-state index contributed by atoms with van der Waals surface area (Å²) < 4.78 is 2.19. The summed E-state index contributed by atoms with van der Waals surface area (Å²) in [6.07, 6.45) is 0. The maximum Gasteiger partial charge on any atom is 0.143 e. The largest absolute Gasteiger partial charge is 0.397 e. The van der Waals surface area contributed by atoms with Gasteiger partial charge in [-0.1, -0.05) is 29.8 Å². The molecular formula is C16H16ClN3. The minimum atomic E-state index is 0.288. The minimum absolute atomic E-state index is 0.288. The van der Waals surface area contributed by atoms with Gasteiger partial charge in [-0.25, -0.2) is 4.98 Å². The topological polar surface area (TPSA) is 43.8 Å². The first-order valence-electron chi connectivity index (χ1n) is 6.61. The molecule has 4 heteroatoms. The van der Waals surface area contributed by atoms with Crippen LogP contribution in [0.25, 0.3) is 22.4 Å². The molecule has 0 saturated heterocycles. The molecule has 1 aromatic heterocycles. The first-order valence-corrected chi connectivity index (χ1v) is 6.98. The van der Waals surface area contributed by atoms with Crippen LogP contribution in [0.1, 0.15) is 19.9 Å². The summed E-state index contributed by atoms with van der Waals surface area (Å²) in [5.41, 5.74) is 9.65. The lowest BCUT2D eigenvalue weighted by Gasteiger charge is -2.14. The van der Waals surface area contributed by atoms with Crippen molar-refractivity contribution in [3.05, 3.63) is 47.5 Å². The fourth-order valence-electron chi connectivity index (χ4n) is 2.49. The third-order valence-corrected chi connectivity index (χ3v) is 3.74. The highest BCUT2D eigenvalue weighted by Crippen LogP contribution is 2.34. The molecule has 2 aromatic carbocycles. The van der Waals surface area contributed by atoms with Crippen LogP contribution < -0.4 is 5.73 Å². The van der Waals surface area contributed by atoms with E-state index < -0.39 is 0 Å². The van der Waals surface area contributed by atoms with Gasteiger partial charge >= 0.3 is 0 Å². The van der Waals surface area contributed by atoms with Crippen LogP contribution >= 0.6 is 11.6 Å². The van der Waals surface area contributed by atoms with E-state index in [-0.39, 0.29) is 6.04 Å². The summed E-state index contributed by atoms with van der Waals surface area (Å²) >= 11 is 6.13. The second-order valence-corrected chi connectivity index (χ2v) is 5.50. The molecule has 0 fully saturated rings. The van der Waals surface area contributed by atoms with Crippen molar-refractivity contribution in [3.63, 3.8) is 0 Å². The highest BCUT2D eigenvalue weighted by molar-refractivity contribution is 6.33. The van der Waals surface area contributed by atoms with Crippen molar-refractivity contribution in [3.8, 4) is 11.4 Å². The van der Waals surface area contributed by atoms with Gasteiger partial charge in [0.2, 0.25) is 0 Å². The smallest absolute Gasteiger partial charge is 0.143 e. The predicted molar refractivity (Wildman–Crippen MR) is 85.0 cm³/mol. The number of fused-ring (bicyclic) bond motifs is 1. The zero-order valence-corrected chi connectivity index (χ0v) is 12.2. The molecule has 0 radical (unpaired) electrons. The Morgan fingerprint density at radius 2 is 1.85 bits per heavy atom. The summed E-state index contributed by atoms with van der Waals surface area (Å²) in [5, 5.41) is 0.560. The fourth-order valence-corrected chi connectivity index (χ4v) is 2.66. The van der Waals surface area contributed by atoms with Crippen LogP contribution in [0.15, 0.2) is 42.5 Å². The molecule has 0 saturated carbocycles. The van der Waals surface area contributed by atoms with Crippen molar-refractivity contribution in [2.24, 2.45) is 0 Å². The van der Waals surface area contributed by atoms with Crippen LogP contribution in [-0.2, 0) is 0 Å². The molecule has 0 aliphatic rings. The number of anilines is 1. The molecule has 0 aliphatic carbocycles. The Balaban J connectivity index is 2.36. The van der Waals surface area contributed by atoms with Gasteiger partial charge in [-0.15, -0.1) is 0 Å². The first-order chi connectivity index (χ1) is 9.59. The molecule has 3 rings (SSSR count). The maximum absolute atomic E-state index is 6.13. The predicted octanol–water partition coefficient (Wildman–Crippen LogP) is 4.52. The Hall–Kier alpha value is -2.00. The van der Waals surface area contributed by atoms with Crippen molar-refractivity contribution in [1.82, 2.24) is 9.55 Å². The number of nitrogens with two attached hydrogens (primary N) is 1. The molecular weight excluding hydrogens is 270 g/mol. The Bertz CT molecular complexity index is 774. The molecule has 0 amide bonds. The second kappa shape index (κ2) is 4.84. The number of hydrogen-bond donors (Lipinski definition) is 1. The van der Waals surface area contributed by atoms with Crippen LogP contribution in [0, 0.1) is 0 Å². The number of halogens is 1. The van der Waals surface area contributed by atoms with Crippen molar-refractivity contribution < 1.29 is 0 Å². The lowest BCUT2D eigenvalue weighted by Crippen LogP contribution is -2.04. The van der Waals surface area contributed by atoms with E-state index in [2.05, 4.69) is 24.5 Å². The highest BCUT2D eigenvalue weighted by atomic mass is 35.5. The summed E-state index contributed by atoms with van der Waals surface area (Å²) in [6.45, 7) is 4.27. The normalized spacial score (nSPS) is 11.4. The molecule has 0 spiro atoms. The molecule has 1 heterocycles. The molecule has 0 atom stereocenters. The van der Waals surface area contributed by atoms with E-state index in [0.717, 1.165) is 22.4 Å². The molecule has 102 valence electrons. The molecule has 20 heavy (non-hydrogen) atoms. The van der Waals surface area contributed by atoms with Gasteiger partial charge in [0.15, 0.2) is 0 Å². The SMILES string of the molecule is CC(C)n1c(-c2cccc(Cl)c2N)nc2ccccc21. The standard InChI is InChI=1S/C16H16ClN3/c1-10(2)20-14-9-4-3-8-13(14)19-16(20)11-6-5-7-12(17)15(11)18/h3-10H,18H2,1-2H3. The van der Waals surface area contributed by atoms with Crippen molar-refractivity contribution in [2.45, 2.75) is 19.9 Å². The first kappa shape index (κ1) is 13.0. The van der Waals surface area contributed by atoms with E-state index in [1.807, 2.05) is 30.3 Å². The fraction of sp³-hybridized carbons (Fsp3) is 0.188. The number of nitrogen functional groups attached to an aromatic ring is 1. The quantitative estimate of drug-likeness (QED) is 0.704. The Morgan fingerprint density at radius 1 is 1.10 bits per heavy atom. The zero-order valence-electron chi connectivity index (χ0n) is 11.5. The molecule has 0 unspecified atom stereocenters. The summed E-state index contributed by atoms with van der Waals surface area (Å²) in [4.78, 5) is 4.73. The summed E-state index contributed by atoms with van der Waals surface area (Å²) in [5.74, 6) is 0.862. The minimum Gasteiger partial charge on any atom is -0.397 e. The van der Waals surface area contributed by atoms with E-state index >= 15 is 0 Å². The van der Waals surface area contributed by atoms with Crippen LogP contribution in [0.5, 0.6) is 0 Å². The molecule has 0 bridgehead atoms. The van der Waals surface area contributed by atoms with Gasteiger partial charge in [-0.2, -0.15) is 0 Å². The van der Waals surface area contributed by atoms with E-state index in [0.29, 0.717) is 10.7 Å². The lowest BCUT2D eigenvalue weighted by atomic mass is 10.1. The Kier molecular flexibility index (Phi) is 3.14. The third kappa shape index (κ3) is 1.95. The van der Waals surface area contributed by atoms with Gasteiger partial charge in [0.05, 0.1) is 21.7 Å². The van der Waals surface area contributed by atoms with Crippen LogP contribution in [0.3, 0.4) is 0 Å². The van der Waals surface area contributed by atoms with Gasteiger partial charge in [0, 0.05) is 11.6 Å². The van der Waals surface area contributed by atoms with Crippen molar-refractivity contribution in [1.29, 1.82) is 0 Å². The summed E-state index contributed by atoms with van der Waals surface area (Å²) in [6, 6.07) is 14.0. The number of hydrogen-bond acceptors (Lipinski definition) is 2. The number of rotatable bonds is 2. The van der Waals surface area contributed by atoms with E-state index in [1.54, 1.807) is 6.07 Å². The van der Waals surface area contributed by atoms with Crippen molar-refractivity contribution in [2.75, 3.05) is 5.73 Å².